The van der Waals surface area contributed by atoms with E-state index in [4.69, 9.17) is 0 Å². The molecule has 4 rings (SSSR count). The van der Waals surface area contributed by atoms with Crippen molar-refractivity contribution in [3.05, 3.63) is 71.8 Å². The number of rotatable bonds is 6. The molecule has 7 heteroatoms. The van der Waals surface area contributed by atoms with Crippen molar-refractivity contribution in [1.82, 2.24) is 24.8 Å². The minimum Gasteiger partial charge on any atom is -0.348 e. The summed E-state index contributed by atoms with van der Waals surface area (Å²) in [5, 5.41) is 3.71. The van der Waals surface area contributed by atoms with Gasteiger partial charge in [0, 0.05) is 12.4 Å². The second-order valence-corrected chi connectivity index (χ2v) is 7.58. The molecule has 0 aliphatic rings. The first-order chi connectivity index (χ1) is 13.6. The SMILES string of the molecule is Cc1ccc(C)c(-n2ccnc2SCC(=O)NCc2nc3ccccc3[nH]2)c1. The van der Waals surface area contributed by atoms with E-state index in [0.29, 0.717) is 12.3 Å². The monoisotopic (exact) mass is 391 g/mol. The molecule has 0 saturated carbocycles. The molecule has 0 unspecified atom stereocenters. The van der Waals surface area contributed by atoms with Crippen LogP contribution in [0.25, 0.3) is 16.7 Å². The summed E-state index contributed by atoms with van der Waals surface area (Å²) in [6, 6.07) is 14.1. The highest BCUT2D eigenvalue weighted by Gasteiger charge is 2.11. The lowest BCUT2D eigenvalue weighted by Crippen LogP contribution is -2.25. The number of imidazole rings is 2. The number of aryl methyl sites for hydroxylation is 2. The number of hydrogen-bond acceptors (Lipinski definition) is 4. The van der Waals surface area contributed by atoms with Crippen LogP contribution in [0.1, 0.15) is 17.0 Å². The molecule has 0 aliphatic carbocycles. The normalized spacial score (nSPS) is 11.1. The minimum absolute atomic E-state index is 0.0547. The van der Waals surface area contributed by atoms with Gasteiger partial charge >= 0.3 is 0 Å². The van der Waals surface area contributed by atoms with Gasteiger partial charge in [0.05, 0.1) is 29.0 Å². The third-order valence-corrected chi connectivity index (χ3v) is 5.42. The van der Waals surface area contributed by atoms with E-state index >= 15 is 0 Å². The number of carbonyl (C=O) groups excluding carboxylic acids is 1. The van der Waals surface area contributed by atoms with Crippen LogP contribution >= 0.6 is 11.8 Å². The molecule has 0 radical (unpaired) electrons. The van der Waals surface area contributed by atoms with Crippen molar-refractivity contribution >= 4 is 28.7 Å². The van der Waals surface area contributed by atoms with E-state index in [-0.39, 0.29) is 5.91 Å². The number of aromatic nitrogens is 4. The summed E-state index contributed by atoms with van der Waals surface area (Å²) in [5.41, 5.74) is 5.31. The lowest BCUT2D eigenvalue weighted by Gasteiger charge is -2.11. The van der Waals surface area contributed by atoms with E-state index in [0.717, 1.165) is 27.7 Å². The van der Waals surface area contributed by atoms with Crippen molar-refractivity contribution in [2.45, 2.75) is 25.5 Å². The Morgan fingerprint density at radius 3 is 2.93 bits per heavy atom. The van der Waals surface area contributed by atoms with E-state index in [1.165, 1.54) is 22.9 Å². The van der Waals surface area contributed by atoms with Crippen molar-refractivity contribution in [1.29, 1.82) is 0 Å². The number of hydrogen-bond donors (Lipinski definition) is 2. The number of benzene rings is 2. The summed E-state index contributed by atoms with van der Waals surface area (Å²) in [6.07, 6.45) is 3.69. The van der Waals surface area contributed by atoms with Crippen molar-refractivity contribution in [2.75, 3.05) is 5.75 Å². The third-order valence-electron chi connectivity index (χ3n) is 4.45. The molecule has 2 aromatic carbocycles. The van der Waals surface area contributed by atoms with Crippen LogP contribution in [0.15, 0.2) is 60.0 Å². The summed E-state index contributed by atoms with van der Waals surface area (Å²) in [5.74, 6) is 0.986. The molecule has 2 aromatic heterocycles. The molecule has 0 atom stereocenters. The molecule has 0 aliphatic heterocycles. The maximum atomic E-state index is 12.3. The first-order valence-electron chi connectivity index (χ1n) is 9.04. The maximum absolute atomic E-state index is 12.3. The molecule has 0 bridgehead atoms. The molecule has 28 heavy (non-hydrogen) atoms. The molecule has 1 amide bonds. The van der Waals surface area contributed by atoms with E-state index in [2.05, 4.69) is 52.3 Å². The van der Waals surface area contributed by atoms with Crippen LogP contribution in [-0.2, 0) is 11.3 Å². The zero-order valence-electron chi connectivity index (χ0n) is 15.8. The smallest absolute Gasteiger partial charge is 0.230 e. The lowest BCUT2D eigenvalue weighted by atomic mass is 10.1. The molecular formula is C21H21N5OS. The Morgan fingerprint density at radius 2 is 2.07 bits per heavy atom. The van der Waals surface area contributed by atoms with Crippen molar-refractivity contribution in [3.63, 3.8) is 0 Å². The Kier molecular flexibility index (Phi) is 5.16. The molecule has 0 saturated heterocycles. The van der Waals surface area contributed by atoms with Gasteiger partial charge in [-0.2, -0.15) is 0 Å². The van der Waals surface area contributed by atoms with E-state index < -0.39 is 0 Å². The second-order valence-electron chi connectivity index (χ2n) is 6.64. The van der Waals surface area contributed by atoms with E-state index in [9.17, 15) is 4.79 Å². The highest BCUT2D eigenvalue weighted by Crippen LogP contribution is 2.23. The topological polar surface area (TPSA) is 75.6 Å². The molecule has 2 N–H and O–H groups in total. The highest BCUT2D eigenvalue weighted by molar-refractivity contribution is 7.99. The predicted octanol–water partition coefficient (Wildman–Crippen LogP) is 3.77. The Bertz CT molecular complexity index is 1100. The molecule has 0 spiro atoms. The standard InChI is InChI=1S/C21H21N5OS/c1-14-7-8-15(2)18(11-14)26-10-9-22-21(26)28-13-20(27)23-12-19-24-16-5-3-4-6-17(16)25-19/h3-11H,12-13H2,1-2H3,(H,23,27)(H,24,25). The summed E-state index contributed by atoms with van der Waals surface area (Å²) in [4.78, 5) is 24.4. The number of H-pyrrole nitrogens is 1. The number of carbonyl (C=O) groups is 1. The molecule has 0 fully saturated rings. The summed E-state index contributed by atoms with van der Waals surface area (Å²) >= 11 is 1.42. The number of nitrogens with zero attached hydrogens (tertiary/aromatic N) is 3. The van der Waals surface area contributed by atoms with Gasteiger partial charge in [0.2, 0.25) is 5.91 Å². The van der Waals surface area contributed by atoms with Crippen LogP contribution in [0.2, 0.25) is 0 Å². The number of thioether (sulfide) groups is 1. The Morgan fingerprint density at radius 1 is 1.21 bits per heavy atom. The number of fused-ring (bicyclic) bond motifs is 1. The van der Waals surface area contributed by atoms with Crippen LogP contribution in [0, 0.1) is 13.8 Å². The van der Waals surface area contributed by atoms with Crippen molar-refractivity contribution < 1.29 is 4.79 Å². The minimum atomic E-state index is -0.0547. The van der Waals surface area contributed by atoms with Crippen LogP contribution in [-0.4, -0.2) is 31.2 Å². The Hall–Kier alpha value is -3.06. The number of para-hydroxylation sites is 2. The van der Waals surface area contributed by atoms with Crippen LogP contribution in [0.3, 0.4) is 0 Å². The second kappa shape index (κ2) is 7.90. The van der Waals surface area contributed by atoms with Crippen molar-refractivity contribution in [3.8, 4) is 5.69 Å². The molecule has 142 valence electrons. The summed E-state index contributed by atoms with van der Waals surface area (Å²) in [7, 11) is 0. The predicted molar refractivity (Wildman–Crippen MR) is 112 cm³/mol. The third kappa shape index (κ3) is 3.94. The van der Waals surface area contributed by atoms with Gasteiger partial charge < -0.3 is 10.3 Å². The zero-order chi connectivity index (χ0) is 19.5. The first kappa shape index (κ1) is 18.3. The lowest BCUT2D eigenvalue weighted by molar-refractivity contribution is -0.118. The average Bonchev–Trinajstić information content (AvgIpc) is 3.32. The molecule has 4 aromatic rings. The fraction of sp³-hybridized carbons (Fsp3) is 0.190. The number of amides is 1. The van der Waals surface area contributed by atoms with Crippen molar-refractivity contribution in [2.24, 2.45) is 0 Å². The maximum Gasteiger partial charge on any atom is 0.230 e. The van der Waals surface area contributed by atoms with Gasteiger partial charge in [-0.1, -0.05) is 36.0 Å². The first-order valence-corrected chi connectivity index (χ1v) is 10.0. The van der Waals surface area contributed by atoms with Crippen LogP contribution < -0.4 is 5.32 Å². The quantitative estimate of drug-likeness (QED) is 0.491. The fourth-order valence-corrected chi connectivity index (χ4v) is 3.81. The zero-order valence-corrected chi connectivity index (χ0v) is 16.6. The van der Waals surface area contributed by atoms with Gasteiger partial charge in [-0.3, -0.25) is 9.36 Å². The van der Waals surface area contributed by atoms with Gasteiger partial charge in [0.15, 0.2) is 5.16 Å². The molecule has 6 nitrogen and oxygen atoms in total. The van der Waals surface area contributed by atoms with Gasteiger partial charge in [-0.25, -0.2) is 9.97 Å². The Balaban J connectivity index is 1.38. The number of nitrogens with one attached hydrogen (secondary N) is 2. The largest absolute Gasteiger partial charge is 0.348 e. The Labute approximate surface area is 167 Å². The fourth-order valence-electron chi connectivity index (χ4n) is 3.01. The van der Waals surface area contributed by atoms with Gasteiger partial charge in [-0.05, 0) is 43.2 Å². The average molecular weight is 392 g/mol. The van der Waals surface area contributed by atoms with Crippen LogP contribution in [0.4, 0.5) is 0 Å². The van der Waals surface area contributed by atoms with E-state index in [1.807, 2.05) is 35.0 Å². The van der Waals surface area contributed by atoms with Gasteiger partial charge in [0.1, 0.15) is 5.82 Å². The molecular weight excluding hydrogens is 370 g/mol. The van der Waals surface area contributed by atoms with Crippen LogP contribution in [0.5, 0.6) is 0 Å². The van der Waals surface area contributed by atoms with Gasteiger partial charge in [0.25, 0.3) is 0 Å². The van der Waals surface area contributed by atoms with E-state index in [1.54, 1.807) is 6.20 Å². The number of aromatic amines is 1. The highest BCUT2D eigenvalue weighted by atomic mass is 32.2. The summed E-state index contributed by atoms with van der Waals surface area (Å²) < 4.78 is 2.03. The van der Waals surface area contributed by atoms with Gasteiger partial charge in [-0.15, -0.1) is 0 Å². The summed E-state index contributed by atoms with van der Waals surface area (Å²) in [6.45, 7) is 4.51. The molecule has 2 heterocycles.